The largest absolute Gasteiger partial charge is 0.342 e. The Labute approximate surface area is 278 Å². The van der Waals surface area contributed by atoms with Gasteiger partial charge in [-0.25, -0.2) is 4.98 Å². The van der Waals surface area contributed by atoms with E-state index < -0.39 is 17.9 Å². The Hall–Kier alpha value is -3.37. The first-order valence-corrected chi connectivity index (χ1v) is 17.1. The monoisotopic (exact) mass is 637 g/mol. The fraction of sp³-hybridized carbons (Fsp3) is 0.462. The number of rotatable bonds is 12. The Balaban J connectivity index is 0.973. The number of hydrogen-bond donors (Lipinski definition) is 1. The molecule has 0 unspecified atom stereocenters. The normalized spacial score (nSPS) is 25.8. The van der Waals surface area contributed by atoms with E-state index >= 15 is 0 Å². The zero-order chi connectivity index (χ0) is 32.4. The van der Waals surface area contributed by atoms with Gasteiger partial charge in [0.2, 0.25) is 0 Å². The fourth-order valence-electron chi connectivity index (χ4n) is 7.14. The van der Waals surface area contributed by atoms with Crippen LogP contribution in [0.2, 0.25) is 0 Å². The molecule has 3 saturated heterocycles. The molecule has 5 atom stereocenters. The SMILES string of the molecule is CC1(C)O[C@H]2[C@@H](O1)[C@@H](CNCCCCCCn1c(-c3ccccc3)nc(-c3ccccc3)c1-c1ccccc1)O[C@@H]1OC(C)(C)O[C@@H]12. The van der Waals surface area contributed by atoms with Gasteiger partial charge < -0.3 is 33.6 Å². The van der Waals surface area contributed by atoms with Crippen LogP contribution in [0.15, 0.2) is 91.0 Å². The third-order valence-corrected chi connectivity index (χ3v) is 9.18. The third-order valence-electron chi connectivity index (χ3n) is 9.18. The Kier molecular flexibility index (Phi) is 9.33. The van der Waals surface area contributed by atoms with E-state index in [9.17, 15) is 0 Å². The highest BCUT2D eigenvalue weighted by Crippen LogP contribution is 2.44. The number of nitrogens with one attached hydrogen (secondary N) is 1. The van der Waals surface area contributed by atoms with Crippen LogP contribution in [0, 0.1) is 0 Å². The minimum Gasteiger partial charge on any atom is -0.342 e. The van der Waals surface area contributed by atoms with Gasteiger partial charge in [0, 0.05) is 29.8 Å². The van der Waals surface area contributed by atoms with Crippen molar-refractivity contribution < 1.29 is 23.7 Å². The molecule has 47 heavy (non-hydrogen) atoms. The highest BCUT2D eigenvalue weighted by Gasteiger charge is 2.60. The van der Waals surface area contributed by atoms with Crippen molar-refractivity contribution in [2.75, 3.05) is 13.1 Å². The van der Waals surface area contributed by atoms with Crippen LogP contribution >= 0.6 is 0 Å². The maximum absolute atomic E-state index is 6.35. The number of nitrogens with zero attached hydrogens (tertiary/aromatic N) is 2. The maximum Gasteiger partial charge on any atom is 0.190 e. The van der Waals surface area contributed by atoms with Gasteiger partial charge in [0.1, 0.15) is 30.2 Å². The molecule has 3 aliphatic rings. The van der Waals surface area contributed by atoms with Gasteiger partial charge in [0.15, 0.2) is 17.9 Å². The van der Waals surface area contributed by atoms with Gasteiger partial charge >= 0.3 is 0 Å². The average molecular weight is 638 g/mol. The summed E-state index contributed by atoms with van der Waals surface area (Å²) in [7, 11) is 0. The van der Waals surface area contributed by atoms with Crippen molar-refractivity contribution in [2.24, 2.45) is 0 Å². The van der Waals surface area contributed by atoms with Crippen molar-refractivity contribution in [3.8, 4) is 33.9 Å². The van der Waals surface area contributed by atoms with E-state index in [1.165, 1.54) is 11.3 Å². The maximum atomic E-state index is 6.35. The second kappa shape index (κ2) is 13.6. The van der Waals surface area contributed by atoms with E-state index in [2.05, 4.69) is 101 Å². The molecule has 3 aliphatic heterocycles. The Morgan fingerprint density at radius 1 is 0.638 bits per heavy atom. The van der Waals surface area contributed by atoms with Crippen LogP contribution in [0.1, 0.15) is 53.4 Å². The highest BCUT2D eigenvalue weighted by molar-refractivity contribution is 5.82. The van der Waals surface area contributed by atoms with Gasteiger partial charge in [-0.15, -0.1) is 0 Å². The highest BCUT2D eigenvalue weighted by atomic mass is 16.9. The summed E-state index contributed by atoms with van der Waals surface area (Å²) < 4.78 is 33.5. The molecule has 1 aromatic heterocycles. The number of aromatic nitrogens is 2. The van der Waals surface area contributed by atoms with Crippen molar-refractivity contribution >= 4 is 0 Å². The summed E-state index contributed by atoms with van der Waals surface area (Å²) >= 11 is 0. The van der Waals surface area contributed by atoms with Crippen LogP contribution in [-0.4, -0.2) is 64.9 Å². The third kappa shape index (κ3) is 7.09. The van der Waals surface area contributed by atoms with Gasteiger partial charge in [-0.3, -0.25) is 0 Å². The lowest BCUT2D eigenvalue weighted by Crippen LogP contribution is -2.57. The Bertz CT molecular complexity index is 1610. The smallest absolute Gasteiger partial charge is 0.190 e. The van der Waals surface area contributed by atoms with Crippen LogP contribution < -0.4 is 5.32 Å². The molecule has 8 nitrogen and oxygen atoms in total. The Morgan fingerprint density at radius 3 is 1.91 bits per heavy atom. The summed E-state index contributed by atoms with van der Waals surface area (Å²) in [6.07, 6.45) is 3.06. The quantitative estimate of drug-likeness (QED) is 0.162. The molecular weight excluding hydrogens is 590 g/mol. The standard InChI is InChI=1S/C39H47N3O5/c1-38(2)44-33-30(43-37-35(34(33)45-38)46-39(3,4)47-37)26-40-24-16-5-6-17-25-42-32(28-20-12-8-13-21-28)31(27-18-10-7-11-19-27)41-36(42)29-22-14-9-15-23-29/h7-15,18-23,30,33-35,37,40H,5-6,16-17,24-26H2,1-4H3/t30-,33+,34+,35-,37-/m1/s1. The van der Waals surface area contributed by atoms with Crippen LogP contribution in [0.4, 0.5) is 0 Å². The van der Waals surface area contributed by atoms with E-state index in [1.807, 2.05) is 27.7 Å². The minimum atomic E-state index is -0.707. The first kappa shape index (κ1) is 32.2. The molecule has 0 spiro atoms. The molecule has 0 amide bonds. The van der Waals surface area contributed by atoms with Crippen LogP contribution in [-0.2, 0) is 30.2 Å². The number of ether oxygens (including phenoxy) is 5. The first-order chi connectivity index (χ1) is 22.8. The first-order valence-electron chi connectivity index (χ1n) is 17.1. The zero-order valence-corrected chi connectivity index (χ0v) is 27.9. The lowest BCUT2D eigenvalue weighted by atomic mass is 9.99. The van der Waals surface area contributed by atoms with Crippen LogP contribution in [0.5, 0.6) is 0 Å². The lowest BCUT2D eigenvalue weighted by Gasteiger charge is -2.37. The van der Waals surface area contributed by atoms with Crippen molar-refractivity contribution in [2.45, 2.75) is 102 Å². The van der Waals surface area contributed by atoms with Gasteiger partial charge in [-0.05, 0) is 47.1 Å². The summed E-state index contributed by atoms with van der Waals surface area (Å²) in [5.41, 5.74) is 5.64. The minimum absolute atomic E-state index is 0.173. The number of fused-ring (bicyclic) bond motifs is 3. The van der Waals surface area contributed by atoms with Crippen molar-refractivity contribution in [3.63, 3.8) is 0 Å². The summed E-state index contributed by atoms with van der Waals surface area (Å²) in [5, 5.41) is 3.61. The van der Waals surface area contributed by atoms with E-state index in [0.717, 1.165) is 61.4 Å². The van der Waals surface area contributed by atoms with Crippen LogP contribution in [0.3, 0.4) is 0 Å². The number of unbranched alkanes of at least 4 members (excludes halogenated alkanes) is 3. The van der Waals surface area contributed by atoms with Crippen molar-refractivity contribution in [3.05, 3.63) is 91.0 Å². The second-order valence-electron chi connectivity index (χ2n) is 13.7. The summed E-state index contributed by atoms with van der Waals surface area (Å²) in [4.78, 5) is 5.28. The van der Waals surface area contributed by atoms with Gasteiger partial charge in [-0.1, -0.05) is 104 Å². The molecular formula is C39H47N3O5. The average Bonchev–Trinajstić information content (AvgIpc) is 3.72. The number of benzene rings is 3. The molecule has 248 valence electrons. The van der Waals surface area contributed by atoms with E-state index in [1.54, 1.807) is 0 Å². The summed E-state index contributed by atoms with van der Waals surface area (Å²) in [6.45, 7) is 10.2. The molecule has 0 aliphatic carbocycles. The molecule has 1 N–H and O–H groups in total. The topological polar surface area (TPSA) is 76.0 Å². The van der Waals surface area contributed by atoms with Gasteiger partial charge in [0.25, 0.3) is 0 Å². The zero-order valence-electron chi connectivity index (χ0n) is 27.9. The summed E-state index contributed by atoms with van der Waals surface area (Å²) in [6, 6.07) is 31.7. The van der Waals surface area contributed by atoms with E-state index in [0.29, 0.717) is 6.54 Å². The second-order valence-corrected chi connectivity index (χ2v) is 13.7. The predicted molar refractivity (Wildman–Crippen MR) is 182 cm³/mol. The molecule has 7 rings (SSSR count). The Morgan fingerprint density at radius 2 is 1.21 bits per heavy atom. The number of imidazole rings is 1. The van der Waals surface area contributed by atoms with Crippen molar-refractivity contribution in [1.82, 2.24) is 14.9 Å². The van der Waals surface area contributed by atoms with E-state index in [-0.39, 0.29) is 24.4 Å². The fourth-order valence-corrected chi connectivity index (χ4v) is 7.14. The molecule has 8 heteroatoms. The molecule has 0 saturated carbocycles. The molecule has 4 aromatic rings. The molecule has 3 aromatic carbocycles. The lowest BCUT2D eigenvalue weighted by molar-refractivity contribution is -0.232. The van der Waals surface area contributed by atoms with E-state index in [4.69, 9.17) is 28.7 Å². The molecule has 3 fully saturated rings. The number of hydrogen-bond acceptors (Lipinski definition) is 7. The van der Waals surface area contributed by atoms with Crippen molar-refractivity contribution in [1.29, 1.82) is 0 Å². The predicted octanol–water partition coefficient (Wildman–Crippen LogP) is 7.43. The molecule has 0 bridgehead atoms. The summed E-state index contributed by atoms with van der Waals surface area (Å²) in [5.74, 6) is -0.374. The molecule has 4 heterocycles. The molecule has 0 radical (unpaired) electrons. The van der Waals surface area contributed by atoms with Gasteiger partial charge in [-0.2, -0.15) is 0 Å². The van der Waals surface area contributed by atoms with Gasteiger partial charge in [0.05, 0.1) is 11.4 Å². The van der Waals surface area contributed by atoms with Crippen LogP contribution in [0.25, 0.3) is 33.9 Å².